The van der Waals surface area contributed by atoms with Gasteiger partial charge in [0, 0.05) is 25.7 Å². The number of hydrogen-bond acceptors (Lipinski definition) is 2. The fourth-order valence-electron chi connectivity index (χ4n) is 2.07. The largest absolute Gasteiger partial charge is 0.359 e. The number of nitrogens with zero attached hydrogens (tertiary/aromatic N) is 1. The molecule has 0 spiro atoms. The van der Waals surface area contributed by atoms with Gasteiger partial charge in [0.1, 0.15) is 5.82 Å². The summed E-state index contributed by atoms with van der Waals surface area (Å²) in [6, 6.07) is 2.36. The van der Waals surface area contributed by atoms with Crippen molar-refractivity contribution in [1.29, 1.82) is 0 Å². The Morgan fingerprint density at radius 1 is 1.32 bits per heavy atom. The second-order valence-corrected chi connectivity index (χ2v) is 6.86. The lowest BCUT2D eigenvalue weighted by molar-refractivity contribution is -0.128. The molecule has 0 heterocycles. The highest BCUT2D eigenvalue weighted by atomic mass is 127. The van der Waals surface area contributed by atoms with Crippen LogP contribution in [0.2, 0.25) is 10.0 Å². The summed E-state index contributed by atoms with van der Waals surface area (Å²) in [4.78, 5) is 15.9. The molecule has 0 aliphatic rings. The monoisotopic (exact) mass is 504 g/mol. The lowest BCUT2D eigenvalue weighted by Gasteiger charge is -2.25. The molecule has 1 aromatic carbocycles. The molecule has 0 saturated carbocycles. The lowest BCUT2D eigenvalue weighted by Crippen LogP contribution is -2.47. The van der Waals surface area contributed by atoms with Crippen LogP contribution in [-0.4, -0.2) is 32.5 Å². The van der Waals surface area contributed by atoms with Crippen LogP contribution >= 0.6 is 47.2 Å². The summed E-state index contributed by atoms with van der Waals surface area (Å²) in [6.45, 7) is 5.84. The van der Waals surface area contributed by atoms with Crippen molar-refractivity contribution in [2.24, 2.45) is 10.4 Å². The van der Waals surface area contributed by atoms with Crippen molar-refractivity contribution in [3.8, 4) is 0 Å². The van der Waals surface area contributed by atoms with Crippen LogP contribution in [0.1, 0.15) is 32.4 Å². The maximum atomic E-state index is 13.7. The molecule has 3 N–H and O–H groups in total. The fourth-order valence-corrected chi connectivity index (χ4v) is 2.62. The number of benzene rings is 1. The van der Waals surface area contributed by atoms with E-state index in [9.17, 15) is 9.18 Å². The van der Waals surface area contributed by atoms with Crippen LogP contribution in [0.3, 0.4) is 0 Å². The van der Waals surface area contributed by atoms with Crippen molar-refractivity contribution in [2.75, 3.05) is 20.6 Å². The van der Waals surface area contributed by atoms with E-state index in [-0.39, 0.29) is 40.9 Å². The van der Waals surface area contributed by atoms with Crippen LogP contribution in [0, 0.1) is 11.2 Å². The number of carbonyl (C=O) groups is 1. The molecular weight excluding hydrogens is 481 g/mol. The van der Waals surface area contributed by atoms with E-state index >= 15 is 0 Å². The van der Waals surface area contributed by atoms with Gasteiger partial charge in [0.25, 0.3) is 0 Å². The maximum Gasteiger partial charge on any atom is 0.227 e. The summed E-state index contributed by atoms with van der Waals surface area (Å²) >= 11 is 11.8. The quantitative estimate of drug-likeness (QED) is 0.247. The predicted octanol–water partition coefficient (Wildman–Crippen LogP) is 3.75. The summed E-state index contributed by atoms with van der Waals surface area (Å²) in [5.74, 6) is -0.138. The average Bonchev–Trinajstić information content (AvgIpc) is 2.53. The van der Waals surface area contributed by atoms with Crippen LogP contribution < -0.4 is 16.0 Å². The topological polar surface area (TPSA) is 65.5 Å². The number of hydrogen-bond donors (Lipinski definition) is 3. The molecule has 1 aromatic rings. The van der Waals surface area contributed by atoms with E-state index in [1.165, 1.54) is 12.1 Å². The van der Waals surface area contributed by atoms with E-state index in [1.807, 2.05) is 20.8 Å². The lowest BCUT2D eigenvalue weighted by atomic mass is 9.92. The summed E-state index contributed by atoms with van der Waals surface area (Å²) in [5, 5.41) is 9.16. The first-order chi connectivity index (χ1) is 11.1. The van der Waals surface area contributed by atoms with Gasteiger partial charge in [0.2, 0.25) is 5.91 Å². The van der Waals surface area contributed by atoms with E-state index in [2.05, 4.69) is 20.9 Å². The van der Waals surface area contributed by atoms with Crippen LogP contribution in [0.15, 0.2) is 17.1 Å². The molecule has 0 radical (unpaired) electrons. The molecule has 9 heteroatoms. The van der Waals surface area contributed by atoms with Gasteiger partial charge in [-0.3, -0.25) is 9.79 Å². The summed E-state index contributed by atoms with van der Waals surface area (Å²) < 4.78 is 13.7. The van der Waals surface area contributed by atoms with Gasteiger partial charge in [-0.1, -0.05) is 23.2 Å². The van der Waals surface area contributed by atoms with Crippen molar-refractivity contribution < 1.29 is 9.18 Å². The molecule has 0 aliphatic carbocycles. The van der Waals surface area contributed by atoms with Crippen molar-refractivity contribution in [3.05, 3.63) is 33.6 Å². The van der Waals surface area contributed by atoms with Crippen molar-refractivity contribution >= 4 is 59.0 Å². The van der Waals surface area contributed by atoms with E-state index in [0.29, 0.717) is 23.1 Å². The van der Waals surface area contributed by atoms with Gasteiger partial charge in [0.15, 0.2) is 5.96 Å². The van der Waals surface area contributed by atoms with E-state index < -0.39 is 11.2 Å². The van der Waals surface area contributed by atoms with E-state index in [4.69, 9.17) is 23.2 Å². The summed E-state index contributed by atoms with van der Waals surface area (Å²) in [6.07, 6.45) is 0. The van der Waals surface area contributed by atoms with Gasteiger partial charge in [-0.2, -0.15) is 0 Å². The van der Waals surface area contributed by atoms with Crippen LogP contribution in [0.4, 0.5) is 4.39 Å². The number of amides is 1. The minimum Gasteiger partial charge on any atom is -0.359 e. The molecule has 1 rings (SSSR count). The fraction of sp³-hybridized carbons (Fsp3) is 0.500. The first-order valence-corrected chi connectivity index (χ1v) is 8.21. The number of nitrogens with one attached hydrogen (secondary N) is 3. The molecule has 1 amide bonds. The normalized spacial score (nSPS) is 12.9. The predicted molar refractivity (Wildman–Crippen MR) is 113 cm³/mol. The van der Waals surface area contributed by atoms with Gasteiger partial charge < -0.3 is 16.0 Å². The Labute approximate surface area is 175 Å². The Morgan fingerprint density at radius 2 is 1.92 bits per heavy atom. The first-order valence-electron chi connectivity index (χ1n) is 7.46. The Morgan fingerprint density at radius 3 is 2.44 bits per heavy atom. The van der Waals surface area contributed by atoms with Crippen LogP contribution in [-0.2, 0) is 4.79 Å². The maximum absolute atomic E-state index is 13.7. The highest BCUT2D eigenvalue weighted by Crippen LogP contribution is 2.28. The van der Waals surface area contributed by atoms with Gasteiger partial charge in [-0.15, -0.1) is 24.0 Å². The molecule has 0 fully saturated rings. The van der Waals surface area contributed by atoms with Gasteiger partial charge >= 0.3 is 0 Å². The van der Waals surface area contributed by atoms with E-state index in [1.54, 1.807) is 14.1 Å². The molecular formula is C16H24Cl2FIN4O. The van der Waals surface area contributed by atoms with Gasteiger partial charge in [-0.05, 0) is 38.5 Å². The molecule has 0 aliphatic heterocycles. The van der Waals surface area contributed by atoms with Gasteiger partial charge in [0.05, 0.1) is 16.5 Å². The third-order valence-corrected chi connectivity index (χ3v) is 4.24. The number of carbonyl (C=O) groups excluding carboxylic acids is 1. The third kappa shape index (κ3) is 6.79. The molecule has 1 unspecified atom stereocenters. The molecule has 142 valence electrons. The molecule has 1 atom stereocenters. The molecule has 0 saturated heterocycles. The van der Waals surface area contributed by atoms with Crippen molar-refractivity contribution in [2.45, 2.75) is 26.8 Å². The SMILES string of the molecule is CN=C(NCC(C)(C)C(=O)NC)NC(C)c1cc(F)c(Cl)cc1Cl.I. The highest BCUT2D eigenvalue weighted by molar-refractivity contribution is 14.0. The third-order valence-electron chi connectivity index (χ3n) is 3.62. The Kier molecular flexibility index (Phi) is 10.0. The Balaban J connectivity index is 0.00000576. The Hall–Kier alpha value is -0.800. The molecule has 25 heavy (non-hydrogen) atoms. The smallest absolute Gasteiger partial charge is 0.227 e. The summed E-state index contributed by atoms with van der Waals surface area (Å²) in [5.41, 5.74) is -0.0494. The highest BCUT2D eigenvalue weighted by Gasteiger charge is 2.27. The van der Waals surface area contributed by atoms with Crippen LogP contribution in [0.25, 0.3) is 0 Å². The first kappa shape index (κ1) is 24.2. The standard InChI is InChI=1S/C16H23Cl2FN4O.HI/c1-9(10-6-13(19)12(18)7-11(10)17)23-15(21-5)22-8-16(2,3)14(24)20-4;/h6-7,9H,8H2,1-5H3,(H,20,24)(H2,21,22,23);1H. The number of guanidine groups is 1. The molecule has 0 aromatic heterocycles. The molecule has 5 nitrogen and oxygen atoms in total. The van der Waals surface area contributed by atoms with Crippen molar-refractivity contribution in [3.63, 3.8) is 0 Å². The summed E-state index contributed by atoms with van der Waals surface area (Å²) in [7, 11) is 3.20. The number of halogens is 4. The number of rotatable bonds is 5. The van der Waals surface area contributed by atoms with Gasteiger partial charge in [-0.25, -0.2) is 4.39 Å². The second-order valence-electron chi connectivity index (χ2n) is 6.04. The second kappa shape index (κ2) is 10.4. The minimum absolute atomic E-state index is 0. The van der Waals surface area contributed by atoms with Crippen molar-refractivity contribution in [1.82, 2.24) is 16.0 Å². The zero-order valence-corrected chi connectivity index (χ0v) is 18.7. The number of aliphatic imine (C=N–C) groups is 1. The van der Waals surface area contributed by atoms with Crippen LogP contribution in [0.5, 0.6) is 0 Å². The minimum atomic E-state index is -0.611. The van der Waals surface area contributed by atoms with E-state index in [0.717, 1.165) is 0 Å². The molecule has 0 bridgehead atoms. The zero-order valence-electron chi connectivity index (χ0n) is 14.8. The zero-order chi connectivity index (χ0) is 18.5. The average molecular weight is 505 g/mol. The Bertz CT molecular complexity index is 641.